The first-order valence-electron chi connectivity index (χ1n) is 8.86. The monoisotopic (exact) mass is 355 g/mol. The molecule has 1 saturated heterocycles. The molecule has 1 aromatic carbocycles. The zero-order valence-corrected chi connectivity index (χ0v) is 15.3. The molecule has 0 bridgehead atoms. The molecular formula is C19H25N5O2. The van der Waals surface area contributed by atoms with Crippen molar-refractivity contribution >= 4 is 17.6 Å². The predicted molar refractivity (Wildman–Crippen MR) is 99.4 cm³/mol. The molecule has 0 saturated carbocycles. The third-order valence-electron chi connectivity index (χ3n) is 4.64. The van der Waals surface area contributed by atoms with E-state index >= 15 is 0 Å². The minimum Gasteiger partial charge on any atom is -0.341 e. The average molecular weight is 355 g/mol. The summed E-state index contributed by atoms with van der Waals surface area (Å²) in [6.45, 7) is 1.66. The van der Waals surface area contributed by atoms with E-state index in [0.717, 1.165) is 24.1 Å². The highest BCUT2D eigenvalue weighted by atomic mass is 16.2. The van der Waals surface area contributed by atoms with Crippen LogP contribution in [-0.4, -0.2) is 51.7 Å². The lowest BCUT2D eigenvalue weighted by Gasteiger charge is -2.34. The molecule has 2 aromatic rings. The van der Waals surface area contributed by atoms with E-state index in [1.165, 1.54) is 0 Å². The molecule has 3 amide bonds. The molecule has 7 heteroatoms. The summed E-state index contributed by atoms with van der Waals surface area (Å²) in [6.07, 6.45) is 5.32. The van der Waals surface area contributed by atoms with Gasteiger partial charge in [0, 0.05) is 51.2 Å². The maximum Gasteiger partial charge on any atom is 0.321 e. The van der Waals surface area contributed by atoms with Crippen LogP contribution >= 0.6 is 0 Å². The molecule has 0 aliphatic carbocycles. The van der Waals surface area contributed by atoms with Crippen molar-refractivity contribution in [3.63, 3.8) is 0 Å². The smallest absolute Gasteiger partial charge is 0.321 e. The van der Waals surface area contributed by atoms with Crippen LogP contribution in [0.4, 0.5) is 10.5 Å². The lowest BCUT2D eigenvalue weighted by atomic mass is 9.96. The van der Waals surface area contributed by atoms with E-state index in [1.807, 2.05) is 43.6 Å². The van der Waals surface area contributed by atoms with Crippen molar-refractivity contribution in [1.29, 1.82) is 0 Å². The average Bonchev–Trinajstić information content (AvgIpc) is 3.06. The van der Waals surface area contributed by atoms with Crippen LogP contribution in [0.5, 0.6) is 0 Å². The number of piperidine rings is 1. The van der Waals surface area contributed by atoms with Crippen LogP contribution < -0.4 is 5.32 Å². The fourth-order valence-corrected chi connectivity index (χ4v) is 3.30. The van der Waals surface area contributed by atoms with Gasteiger partial charge in [0.25, 0.3) is 0 Å². The topological polar surface area (TPSA) is 70.5 Å². The van der Waals surface area contributed by atoms with Crippen molar-refractivity contribution in [2.45, 2.75) is 19.4 Å². The van der Waals surface area contributed by atoms with Gasteiger partial charge in [-0.1, -0.05) is 18.2 Å². The van der Waals surface area contributed by atoms with Crippen molar-refractivity contribution in [1.82, 2.24) is 19.6 Å². The lowest BCUT2D eigenvalue weighted by Crippen LogP contribution is -2.47. The second kappa shape index (κ2) is 8.03. The molecule has 2 heterocycles. The lowest BCUT2D eigenvalue weighted by molar-refractivity contribution is -0.136. The van der Waals surface area contributed by atoms with Crippen LogP contribution in [0.25, 0.3) is 0 Å². The first-order valence-corrected chi connectivity index (χ1v) is 8.86. The molecule has 1 aliphatic rings. The van der Waals surface area contributed by atoms with E-state index in [9.17, 15) is 9.59 Å². The third-order valence-corrected chi connectivity index (χ3v) is 4.64. The summed E-state index contributed by atoms with van der Waals surface area (Å²) >= 11 is 0. The number of anilines is 1. The number of carbonyl (C=O) groups excluding carboxylic acids is 2. The molecule has 1 atom stereocenters. The van der Waals surface area contributed by atoms with E-state index in [2.05, 4.69) is 10.4 Å². The fraction of sp³-hybridized carbons (Fsp3) is 0.421. The minimum atomic E-state index is -0.160. The van der Waals surface area contributed by atoms with E-state index in [1.54, 1.807) is 27.7 Å². The number of likely N-dealkylation sites (tertiary alicyclic amines) is 1. The van der Waals surface area contributed by atoms with Gasteiger partial charge in [0.2, 0.25) is 5.91 Å². The molecule has 138 valence electrons. The molecule has 0 spiro atoms. The van der Waals surface area contributed by atoms with Crippen molar-refractivity contribution in [2.75, 3.05) is 25.5 Å². The first kappa shape index (κ1) is 18.0. The number of aromatic nitrogens is 2. The maximum atomic E-state index is 12.8. The Balaban J connectivity index is 1.56. The number of hydrogen-bond donors (Lipinski definition) is 1. The Labute approximate surface area is 153 Å². The van der Waals surface area contributed by atoms with Crippen LogP contribution in [0.1, 0.15) is 18.4 Å². The summed E-state index contributed by atoms with van der Waals surface area (Å²) in [7, 11) is 3.66. The highest BCUT2D eigenvalue weighted by Crippen LogP contribution is 2.20. The molecule has 1 aliphatic heterocycles. The van der Waals surface area contributed by atoms with Gasteiger partial charge < -0.3 is 15.1 Å². The van der Waals surface area contributed by atoms with E-state index < -0.39 is 0 Å². The quantitative estimate of drug-likeness (QED) is 0.915. The van der Waals surface area contributed by atoms with Gasteiger partial charge in [0.1, 0.15) is 0 Å². The molecule has 26 heavy (non-hydrogen) atoms. The molecular weight excluding hydrogens is 330 g/mol. The van der Waals surface area contributed by atoms with Gasteiger partial charge in [-0.3, -0.25) is 9.48 Å². The second-order valence-electron chi connectivity index (χ2n) is 6.80. The van der Waals surface area contributed by atoms with Gasteiger partial charge in [-0.05, 0) is 25.0 Å². The van der Waals surface area contributed by atoms with E-state index in [4.69, 9.17) is 0 Å². The molecule has 1 fully saturated rings. The third kappa shape index (κ3) is 4.41. The number of rotatable bonds is 4. The standard InChI is InChI=1S/C19H25N5O2/c1-22(12-15-11-20-23(2)13-15)18(25)16-7-6-10-24(14-16)19(26)21-17-8-4-3-5-9-17/h3-5,8-9,11,13,16H,6-7,10,12,14H2,1-2H3,(H,21,26)/t16-/m0/s1. The van der Waals surface area contributed by atoms with Gasteiger partial charge in [0.05, 0.1) is 12.1 Å². The van der Waals surface area contributed by atoms with Gasteiger partial charge in [-0.15, -0.1) is 0 Å². The van der Waals surface area contributed by atoms with Crippen LogP contribution in [0.3, 0.4) is 0 Å². The predicted octanol–water partition coefficient (Wildman–Crippen LogP) is 2.32. The van der Waals surface area contributed by atoms with Gasteiger partial charge in [-0.2, -0.15) is 5.10 Å². The van der Waals surface area contributed by atoms with Crippen LogP contribution in [0, 0.1) is 5.92 Å². The maximum absolute atomic E-state index is 12.8. The highest BCUT2D eigenvalue weighted by molar-refractivity contribution is 5.90. The van der Waals surface area contributed by atoms with E-state index in [0.29, 0.717) is 19.6 Å². The number of hydrogen-bond acceptors (Lipinski definition) is 3. The van der Waals surface area contributed by atoms with E-state index in [-0.39, 0.29) is 17.9 Å². The zero-order valence-electron chi connectivity index (χ0n) is 15.3. The summed E-state index contributed by atoms with van der Waals surface area (Å²) < 4.78 is 1.73. The summed E-state index contributed by atoms with van der Waals surface area (Å²) in [5, 5.41) is 7.03. The van der Waals surface area contributed by atoms with Crippen LogP contribution in [0.2, 0.25) is 0 Å². The SMILES string of the molecule is CN(Cc1cnn(C)c1)C(=O)[C@H]1CCCN(C(=O)Nc2ccccc2)C1. The Morgan fingerprint density at radius 3 is 2.77 bits per heavy atom. The Kier molecular flexibility index (Phi) is 5.55. The number of nitrogens with one attached hydrogen (secondary N) is 1. The van der Waals surface area contributed by atoms with Gasteiger partial charge >= 0.3 is 6.03 Å². The Hall–Kier alpha value is -2.83. The zero-order chi connectivity index (χ0) is 18.5. The van der Waals surface area contributed by atoms with Crippen molar-refractivity contribution < 1.29 is 9.59 Å². The van der Waals surface area contributed by atoms with Gasteiger partial charge in [-0.25, -0.2) is 4.79 Å². The Bertz CT molecular complexity index is 758. The van der Waals surface area contributed by atoms with Crippen LogP contribution in [-0.2, 0) is 18.4 Å². The Morgan fingerprint density at radius 2 is 2.08 bits per heavy atom. The fourth-order valence-electron chi connectivity index (χ4n) is 3.30. The van der Waals surface area contributed by atoms with Gasteiger partial charge in [0.15, 0.2) is 0 Å². The molecule has 0 unspecified atom stereocenters. The number of nitrogens with zero attached hydrogens (tertiary/aromatic N) is 4. The summed E-state index contributed by atoms with van der Waals surface area (Å²) in [5.41, 5.74) is 1.76. The normalized spacial score (nSPS) is 17.0. The number of para-hydroxylation sites is 1. The highest BCUT2D eigenvalue weighted by Gasteiger charge is 2.30. The summed E-state index contributed by atoms with van der Waals surface area (Å²) in [4.78, 5) is 28.7. The molecule has 3 rings (SSSR count). The second-order valence-corrected chi connectivity index (χ2v) is 6.80. The summed E-state index contributed by atoms with van der Waals surface area (Å²) in [6, 6.07) is 9.22. The Morgan fingerprint density at radius 1 is 1.31 bits per heavy atom. The number of benzene rings is 1. The number of aryl methyl sites for hydroxylation is 1. The van der Waals surface area contributed by atoms with Crippen molar-refractivity contribution in [3.05, 3.63) is 48.3 Å². The van der Waals surface area contributed by atoms with Crippen molar-refractivity contribution in [2.24, 2.45) is 13.0 Å². The molecule has 1 N–H and O–H groups in total. The molecule has 7 nitrogen and oxygen atoms in total. The number of urea groups is 1. The first-order chi connectivity index (χ1) is 12.5. The largest absolute Gasteiger partial charge is 0.341 e. The number of amides is 3. The molecule has 1 aromatic heterocycles. The molecule has 0 radical (unpaired) electrons. The number of carbonyl (C=O) groups is 2. The van der Waals surface area contributed by atoms with Crippen LogP contribution in [0.15, 0.2) is 42.7 Å². The summed E-state index contributed by atoms with van der Waals surface area (Å²) in [5.74, 6) is -0.0852. The van der Waals surface area contributed by atoms with Crippen molar-refractivity contribution in [3.8, 4) is 0 Å². The minimum absolute atomic E-state index is 0.0751.